The zero-order valence-corrected chi connectivity index (χ0v) is 20.8. The fourth-order valence-corrected chi connectivity index (χ4v) is 5.04. The normalized spacial score (nSPS) is 13.2. The summed E-state index contributed by atoms with van der Waals surface area (Å²) in [5.74, 6) is -0.406. The number of carbonyl (C=O) groups excluding carboxylic acids is 1. The van der Waals surface area contributed by atoms with Crippen LogP contribution >= 0.6 is 0 Å². The van der Waals surface area contributed by atoms with E-state index in [1.54, 1.807) is 6.92 Å². The fourth-order valence-electron chi connectivity index (χ4n) is 3.84. The van der Waals surface area contributed by atoms with Gasteiger partial charge in [0.2, 0.25) is 15.9 Å². The SMILES string of the molecule is CC[C@@H](C(=O)N[C@@H](C)c1cc(C)c(C)cc1C)N(c1cc([N+](=O)[O-])ccc1OC)S(C)(=O)=O. The van der Waals surface area contributed by atoms with Gasteiger partial charge >= 0.3 is 0 Å². The molecule has 0 aliphatic heterocycles. The van der Waals surface area contributed by atoms with Gasteiger partial charge in [0.05, 0.1) is 24.3 Å². The Hall–Kier alpha value is -3.14. The van der Waals surface area contributed by atoms with E-state index in [-0.39, 0.29) is 29.6 Å². The molecule has 0 aliphatic carbocycles. The second-order valence-corrected chi connectivity index (χ2v) is 9.98. The number of sulfonamides is 1. The van der Waals surface area contributed by atoms with Crippen molar-refractivity contribution in [1.82, 2.24) is 5.32 Å². The first-order chi connectivity index (χ1) is 15.3. The molecule has 0 saturated carbocycles. The Morgan fingerprint density at radius 2 is 1.76 bits per heavy atom. The molecule has 33 heavy (non-hydrogen) atoms. The lowest BCUT2D eigenvalue weighted by Crippen LogP contribution is -2.50. The number of amides is 1. The van der Waals surface area contributed by atoms with Crippen LogP contribution < -0.4 is 14.4 Å². The van der Waals surface area contributed by atoms with Crippen molar-refractivity contribution in [2.75, 3.05) is 17.7 Å². The van der Waals surface area contributed by atoms with E-state index in [0.29, 0.717) is 0 Å². The van der Waals surface area contributed by atoms with Gasteiger partial charge < -0.3 is 10.1 Å². The zero-order chi connectivity index (χ0) is 25.1. The molecule has 0 aliphatic rings. The predicted molar refractivity (Wildman–Crippen MR) is 128 cm³/mol. The number of hydrogen-bond acceptors (Lipinski definition) is 6. The van der Waals surface area contributed by atoms with Gasteiger partial charge in [-0.2, -0.15) is 0 Å². The Balaban J connectivity index is 2.50. The fraction of sp³-hybridized carbons (Fsp3) is 0.435. The van der Waals surface area contributed by atoms with Gasteiger partial charge in [0.1, 0.15) is 17.5 Å². The number of ether oxygens (including phenoxy) is 1. The van der Waals surface area contributed by atoms with Crippen molar-refractivity contribution >= 4 is 27.3 Å². The summed E-state index contributed by atoms with van der Waals surface area (Å²) < 4.78 is 31.8. The highest BCUT2D eigenvalue weighted by Crippen LogP contribution is 2.36. The van der Waals surface area contributed by atoms with E-state index in [9.17, 15) is 23.3 Å². The average molecular weight is 478 g/mol. The minimum Gasteiger partial charge on any atom is -0.495 e. The summed E-state index contributed by atoms with van der Waals surface area (Å²) >= 11 is 0. The summed E-state index contributed by atoms with van der Waals surface area (Å²) in [6.07, 6.45) is 1.10. The molecule has 2 rings (SSSR count). The molecule has 0 saturated heterocycles. The smallest absolute Gasteiger partial charge is 0.271 e. The molecule has 10 heteroatoms. The standard InChI is InChI=1S/C23H31N3O6S/c1-8-20(23(27)24-17(5)19-12-15(3)14(2)11-16(19)4)25(33(7,30)31)21-13-18(26(28)29)9-10-22(21)32-6/h9-13,17,20H,8H2,1-7H3,(H,24,27)/t17-,20-/m0/s1. The lowest BCUT2D eigenvalue weighted by Gasteiger charge is -2.32. The number of nitrogens with one attached hydrogen (secondary N) is 1. The number of aryl methyl sites for hydroxylation is 3. The first-order valence-electron chi connectivity index (χ1n) is 10.5. The first kappa shape index (κ1) is 26.1. The third-order valence-electron chi connectivity index (χ3n) is 5.65. The van der Waals surface area contributed by atoms with Gasteiger partial charge in [0, 0.05) is 12.1 Å². The van der Waals surface area contributed by atoms with Crippen LogP contribution in [0.15, 0.2) is 30.3 Å². The van der Waals surface area contributed by atoms with E-state index < -0.39 is 26.9 Å². The number of benzene rings is 2. The van der Waals surface area contributed by atoms with E-state index in [0.717, 1.165) is 38.9 Å². The van der Waals surface area contributed by atoms with Gasteiger partial charge in [0.15, 0.2) is 0 Å². The van der Waals surface area contributed by atoms with Crippen molar-refractivity contribution in [3.63, 3.8) is 0 Å². The number of hydrogen-bond donors (Lipinski definition) is 1. The van der Waals surface area contributed by atoms with Crippen LogP contribution in [0.3, 0.4) is 0 Å². The maximum atomic E-state index is 13.3. The molecule has 0 radical (unpaired) electrons. The Kier molecular flexibility index (Phi) is 8.07. The molecule has 9 nitrogen and oxygen atoms in total. The Morgan fingerprint density at radius 1 is 1.15 bits per heavy atom. The highest BCUT2D eigenvalue weighted by atomic mass is 32.2. The number of methoxy groups -OCH3 is 1. The van der Waals surface area contributed by atoms with Crippen molar-refractivity contribution in [2.24, 2.45) is 0 Å². The van der Waals surface area contributed by atoms with E-state index in [1.165, 1.54) is 19.2 Å². The van der Waals surface area contributed by atoms with Crippen LogP contribution in [-0.4, -0.2) is 38.7 Å². The van der Waals surface area contributed by atoms with E-state index in [4.69, 9.17) is 4.74 Å². The maximum absolute atomic E-state index is 13.3. The molecule has 180 valence electrons. The third kappa shape index (κ3) is 5.81. The summed E-state index contributed by atoms with van der Waals surface area (Å²) in [5, 5.41) is 14.2. The summed E-state index contributed by atoms with van der Waals surface area (Å²) in [7, 11) is -2.67. The Bertz CT molecular complexity index is 1160. The van der Waals surface area contributed by atoms with Crippen LogP contribution in [-0.2, 0) is 14.8 Å². The molecule has 2 atom stereocenters. The van der Waals surface area contributed by atoms with Crippen LogP contribution in [0.5, 0.6) is 5.75 Å². The highest BCUT2D eigenvalue weighted by molar-refractivity contribution is 7.92. The molecular formula is C23H31N3O6S. The Morgan fingerprint density at radius 3 is 2.27 bits per heavy atom. The molecule has 0 spiro atoms. The quantitative estimate of drug-likeness (QED) is 0.431. The van der Waals surface area contributed by atoms with Gasteiger partial charge in [-0.25, -0.2) is 8.42 Å². The molecule has 2 aromatic carbocycles. The van der Waals surface area contributed by atoms with Crippen LogP contribution in [0.25, 0.3) is 0 Å². The number of non-ortho nitro benzene ring substituents is 1. The predicted octanol–water partition coefficient (Wildman–Crippen LogP) is 3.95. The third-order valence-corrected chi connectivity index (χ3v) is 6.81. The van der Waals surface area contributed by atoms with Gasteiger partial charge in [-0.05, 0) is 62.4 Å². The van der Waals surface area contributed by atoms with Gasteiger partial charge in [-0.3, -0.25) is 19.2 Å². The molecule has 0 aromatic heterocycles. The lowest BCUT2D eigenvalue weighted by atomic mass is 9.96. The van der Waals surface area contributed by atoms with Crippen LogP contribution in [0.2, 0.25) is 0 Å². The maximum Gasteiger partial charge on any atom is 0.271 e. The van der Waals surface area contributed by atoms with Crippen molar-refractivity contribution in [2.45, 2.75) is 53.1 Å². The largest absolute Gasteiger partial charge is 0.495 e. The number of nitro benzene ring substituents is 1. The number of carbonyl (C=O) groups is 1. The highest BCUT2D eigenvalue weighted by Gasteiger charge is 2.35. The molecule has 2 aromatic rings. The summed E-state index contributed by atoms with van der Waals surface area (Å²) in [4.78, 5) is 24.0. The van der Waals surface area contributed by atoms with E-state index in [2.05, 4.69) is 5.32 Å². The van der Waals surface area contributed by atoms with Crippen molar-refractivity contribution in [1.29, 1.82) is 0 Å². The van der Waals surface area contributed by atoms with Crippen molar-refractivity contribution < 1.29 is 22.9 Å². The molecule has 0 heterocycles. The monoisotopic (exact) mass is 477 g/mol. The summed E-state index contributed by atoms with van der Waals surface area (Å²) in [6, 6.07) is 6.18. The lowest BCUT2D eigenvalue weighted by molar-refractivity contribution is -0.384. The molecule has 1 amide bonds. The molecule has 0 unspecified atom stereocenters. The average Bonchev–Trinajstić information content (AvgIpc) is 2.72. The summed E-state index contributed by atoms with van der Waals surface area (Å²) in [6.45, 7) is 9.47. The topological polar surface area (TPSA) is 119 Å². The molecule has 1 N–H and O–H groups in total. The van der Waals surface area contributed by atoms with E-state index in [1.807, 2.05) is 39.8 Å². The number of anilines is 1. The molecular weight excluding hydrogens is 446 g/mol. The first-order valence-corrected chi connectivity index (χ1v) is 12.4. The van der Waals surface area contributed by atoms with Crippen molar-refractivity contribution in [3.8, 4) is 5.75 Å². The molecule has 0 bridgehead atoms. The van der Waals surface area contributed by atoms with Crippen LogP contribution in [0, 0.1) is 30.9 Å². The Labute approximate surface area is 195 Å². The van der Waals surface area contributed by atoms with Crippen LogP contribution in [0.4, 0.5) is 11.4 Å². The van der Waals surface area contributed by atoms with Crippen LogP contribution in [0.1, 0.15) is 48.6 Å². The minimum absolute atomic E-state index is 0.0637. The van der Waals surface area contributed by atoms with E-state index >= 15 is 0 Å². The summed E-state index contributed by atoms with van der Waals surface area (Å²) in [5.41, 5.74) is 3.80. The van der Waals surface area contributed by atoms with Gasteiger partial charge in [0.25, 0.3) is 5.69 Å². The second-order valence-electron chi connectivity index (χ2n) is 8.12. The second kappa shape index (κ2) is 10.2. The van der Waals surface area contributed by atoms with Gasteiger partial charge in [-0.15, -0.1) is 0 Å². The number of rotatable bonds is 9. The molecule has 0 fully saturated rings. The minimum atomic E-state index is -4.00. The van der Waals surface area contributed by atoms with Gasteiger partial charge in [-0.1, -0.05) is 19.1 Å². The number of nitrogens with zero attached hydrogens (tertiary/aromatic N) is 2. The van der Waals surface area contributed by atoms with Crippen molar-refractivity contribution in [3.05, 3.63) is 62.7 Å². The zero-order valence-electron chi connectivity index (χ0n) is 20.0. The number of nitro groups is 1.